The van der Waals surface area contributed by atoms with Gasteiger partial charge in [0.1, 0.15) is 5.60 Å². The molecule has 3 amide bonds. The Morgan fingerprint density at radius 3 is 2.31 bits per heavy atom. The number of anilines is 2. The van der Waals surface area contributed by atoms with E-state index in [1.807, 2.05) is 5.32 Å². The van der Waals surface area contributed by atoms with Crippen molar-refractivity contribution in [2.75, 3.05) is 17.2 Å². The van der Waals surface area contributed by atoms with Gasteiger partial charge in [0.15, 0.2) is 23.6 Å². The number of carbonyl (C=O) groups is 4. The van der Waals surface area contributed by atoms with Gasteiger partial charge in [-0.25, -0.2) is 22.8 Å². The van der Waals surface area contributed by atoms with E-state index in [4.69, 9.17) is 9.47 Å². The van der Waals surface area contributed by atoms with E-state index in [-0.39, 0.29) is 11.3 Å². The minimum atomic E-state index is -1.75. The zero-order chi connectivity index (χ0) is 26.3. The van der Waals surface area contributed by atoms with Crippen molar-refractivity contribution >= 4 is 35.3 Å². The quantitative estimate of drug-likeness (QED) is 0.397. The predicted molar refractivity (Wildman–Crippen MR) is 119 cm³/mol. The molecular formula is C23H24F3N3O6. The molecule has 2 aromatic carbocycles. The number of benzene rings is 2. The number of amides is 3. The van der Waals surface area contributed by atoms with Gasteiger partial charge in [0, 0.05) is 5.69 Å². The first-order valence-electron chi connectivity index (χ1n) is 10.3. The molecule has 0 aliphatic carbocycles. The van der Waals surface area contributed by atoms with Crippen LogP contribution in [-0.4, -0.2) is 42.1 Å². The summed E-state index contributed by atoms with van der Waals surface area (Å²) in [7, 11) is 0. The Morgan fingerprint density at radius 2 is 1.66 bits per heavy atom. The highest BCUT2D eigenvalue weighted by Gasteiger charge is 2.21. The first-order valence-corrected chi connectivity index (χ1v) is 10.3. The van der Waals surface area contributed by atoms with Crippen molar-refractivity contribution in [1.82, 2.24) is 5.32 Å². The van der Waals surface area contributed by atoms with Gasteiger partial charge in [-0.15, -0.1) is 0 Å². The van der Waals surface area contributed by atoms with Crippen LogP contribution in [0.25, 0.3) is 0 Å². The normalized spacial score (nSPS) is 11.7. The Kier molecular flexibility index (Phi) is 8.81. The number of hydrogen-bond donors (Lipinski definition) is 3. The molecule has 0 aliphatic heterocycles. The van der Waals surface area contributed by atoms with Crippen LogP contribution >= 0.6 is 0 Å². The number of carbonyl (C=O) groups excluding carboxylic acids is 4. The average Bonchev–Trinajstić information content (AvgIpc) is 2.76. The zero-order valence-corrected chi connectivity index (χ0v) is 19.3. The third-order valence-electron chi connectivity index (χ3n) is 4.13. The van der Waals surface area contributed by atoms with Crippen molar-refractivity contribution in [1.29, 1.82) is 0 Å². The summed E-state index contributed by atoms with van der Waals surface area (Å²) in [5.41, 5.74) is -1.04. The molecule has 0 fully saturated rings. The van der Waals surface area contributed by atoms with Crippen LogP contribution in [0.3, 0.4) is 0 Å². The van der Waals surface area contributed by atoms with Crippen LogP contribution in [0.5, 0.6) is 0 Å². The summed E-state index contributed by atoms with van der Waals surface area (Å²) in [5.74, 6) is -7.41. The molecule has 12 heteroatoms. The topological polar surface area (TPSA) is 123 Å². The Morgan fingerprint density at radius 1 is 0.971 bits per heavy atom. The summed E-state index contributed by atoms with van der Waals surface area (Å²) in [6.07, 6.45) is -2.05. The van der Waals surface area contributed by atoms with Crippen molar-refractivity contribution in [3.05, 3.63) is 59.4 Å². The van der Waals surface area contributed by atoms with Crippen molar-refractivity contribution in [2.45, 2.75) is 39.4 Å². The predicted octanol–water partition coefficient (Wildman–Crippen LogP) is 3.75. The van der Waals surface area contributed by atoms with Gasteiger partial charge in [0.2, 0.25) is 5.91 Å². The molecule has 35 heavy (non-hydrogen) atoms. The minimum Gasteiger partial charge on any atom is -0.449 e. The molecule has 188 valence electrons. The first kappa shape index (κ1) is 27.2. The highest BCUT2D eigenvalue weighted by Crippen LogP contribution is 2.19. The van der Waals surface area contributed by atoms with Gasteiger partial charge >= 0.3 is 12.1 Å². The van der Waals surface area contributed by atoms with E-state index in [1.165, 1.54) is 31.2 Å². The van der Waals surface area contributed by atoms with Gasteiger partial charge < -0.3 is 20.1 Å². The maximum absolute atomic E-state index is 13.6. The monoisotopic (exact) mass is 495 g/mol. The molecule has 9 nitrogen and oxygen atoms in total. The number of nitrogens with one attached hydrogen (secondary N) is 3. The van der Waals surface area contributed by atoms with Crippen molar-refractivity contribution < 1.29 is 41.8 Å². The van der Waals surface area contributed by atoms with Gasteiger partial charge in [-0.1, -0.05) is 6.07 Å². The number of esters is 1. The third-order valence-corrected chi connectivity index (χ3v) is 4.13. The largest absolute Gasteiger partial charge is 0.449 e. The minimum absolute atomic E-state index is 0.0322. The smallest absolute Gasteiger partial charge is 0.412 e. The van der Waals surface area contributed by atoms with Crippen LogP contribution in [0, 0.1) is 17.5 Å². The highest BCUT2D eigenvalue weighted by atomic mass is 19.2. The van der Waals surface area contributed by atoms with Crippen molar-refractivity contribution in [2.24, 2.45) is 0 Å². The molecule has 1 atom stereocenters. The third kappa shape index (κ3) is 8.32. The zero-order valence-electron chi connectivity index (χ0n) is 19.3. The lowest BCUT2D eigenvalue weighted by molar-refractivity contribution is -0.130. The molecule has 0 aromatic heterocycles. The molecule has 0 heterocycles. The van der Waals surface area contributed by atoms with Crippen molar-refractivity contribution in [3.8, 4) is 0 Å². The number of rotatable bonds is 7. The van der Waals surface area contributed by atoms with E-state index in [1.54, 1.807) is 20.8 Å². The van der Waals surface area contributed by atoms with Crippen LogP contribution in [-0.2, 0) is 19.1 Å². The molecule has 0 radical (unpaired) electrons. The van der Waals surface area contributed by atoms with E-state index in [0.29, 0.717) is 6.07 Å². The lowest BCUT2D eigenvalue weighted by Gasteiger charge is -2.19. The van der Waals surface area contributed by atoms with Gasteiger partial charge in [0.05, 0.1) is 17.8 Å². The van der Waals surface area contributed by atoms with Crippen LogP contribution in [0.15, 0.2) is 36.4 Å². The SMILES string of the molecule is CC(OC(=O)c1cccc(NC(=O)OC(C)(C)C)c1)C(=O)NCC(=O)Nc1ccc(F)c(F)c1F. The number of ether oxygens (including phenoxy) is 2. The van der Waals surface area contributed by atoms with Crippen LogP contribution in [0.1, 0.15) is 38.1 Å². The molecule has 2 rings (SSSR count). The second-order valence-electron chi connectivity index (χ2n) is 8.24. The van der Waals surface area contributed by atoms with E-state index in [9.17, 15) is 32.3 Å². The second-order valence-corrected chi connectivity index (χ2v) is 8.24. The Bertz CT molecular complexity index is 1130. The van der Waals surface area contributed by atoms with Crippen LogP contribution in [0.4, 0.5) is 29.3 Å². The molecule has 2 aromatic rings. The number of halogens is 3. The molecule has 0 bridgehead atoms. The molecule has 1 unspecified atom stereocenters. The summed E-state index contributed by atoms with van der Waals surface area (Å²) in [6, 6.07) is 7.18. The van der Waals surface area contributed by atoms with E-state index in [0.717, 1.165) is 6.07 Å². The lowest BCUT2D eigenvalue weighted by atomic mass is 10.2. The Balaban J connectivity index is 1.88. The van der Waals surface area contributed by atoms with Crippen molar-refractivity contribution in [3.63, 3.8) is 0 Å². The lowest BCUT2D eigenvalue weighted by Crippen LogP contribution is -2.40. The molecule has 0 saturated heterocycles. The van der Waals surface area contributed by atoms with Gasteiger partial charge in [0.25, 0.3) is 5.91 Å². The second kappa shape index (κ2) is 11.4. The van der Waals surface area contributed by atoms with E-state index < -0.39 is 65.3 Å². The maximum Gasteiger partial charge on any atom is 0.412 e. The average molecular weight is 495 g/mol. The standard InChI is InChI=1S/C23H24F3N3O6/c1-12(20(31)27-11-17(30)29-16-9-8-15(24)18(25)19(16)26)34-21(32)13-6-5-7-14(10-13)28-22(33)35-23(2,3)4/h5-10,12H,11H2,1-4H3,(H,27,31)(H,28,33)(H,29,30). The summed E-state index contributed by atoms with van der Waals surface area (Å²) in [4.78, 5) is 48.3. The summed E-state index contributed by atoms with van der Waals surface area (Å²) < 4.78 is 50.0. The van der Waals surface area contributed by atoms with E-state index >= 15 is 0 Å². The van der Waals surface area contributed by atoms with E-state index in [2.05, 4.69) is 10.6 Å². The molecule has 0 aliphatic rings. The summed E-state index contributed by atoms with van der Waals surface area (Å²) in [6.45, 7) is 5.67. The molecular weight excluding hydrogens is 471 g/mol. The molecule has 0 spiro atoms. The highest BCUT2D eigenvalue weighted by molar-refractivity contribution is 5.97. The Hall–Kier alpha value is -4.09. The fourth-order valence-corrected chi connectivity index (χ4v) is 2.56. The molecule has 3 N–H and O–H groups in total. The summed E-state index contributed by atoms with van der Waals surface area (Å²) in [5, 5.41) is 6.63. The Labute approximate surface area is 199 Å². The summed E-state index contributed by atoms with van der Waals surface area (Å²) >= 11 is 0. The first-order chi connectivity index (χ1) is 16.3. The van der Waals surface area contributed by atoms with Gasteiger partial charge in [-0.3, -0.25) is 14.9 Å². The van der Waals surface area contributed by atoms with Gasteiger partial charge in [-0.05, 0) is 58.0 Å². The molecule has 0 saturated carbocycles. The fraction of sp³-hybridized carbons (Fsp3) is 0.304. The number of hydrogen-bond acceptors (Lipinski definition) is 6. The van der Waals surface area contributed by atoms with Gasteiger partial charge in [-0.2, -0.15) is 0 Å². The van der Waals surface area contributed by atoms with Crippen LogP contribution < -0.4 is 16.0 Å². The van der Waals surface area contributed by atoms with Crippen LogP contribution in [0.2, 0.25) is 0 Å². The maximum atomic E-state index is 13.6. The fourth-order valence-electron chi connectivity index (χ4n) is 2.56.